The molecule has 0 aliphatic carbocycles. The van der Waals surface area contributed by atoms with Gasteiger partial charge >= 0.3 is 0 Å². The van der Waals surface area contributed by atoms with Crippen LogP contribution in [0.2, 0.25) is 10.1 Å². The van der Waals surface area contributed by atoms with E-state index < -0.39 is 147 Å². The summed E-state index contributed by atoms with van der Waals surface area (Å²) in [5, 5.41) is 35.7. The molecule has 2 heterocycles. The number of nitrogens with one attached hydrogen (secondary N) is 10. The highest BCUT2D eigenvalue weighted by molar-refractivity contribution is 6.78. The topological polar surface area (TPSA) is 485 Å². The number of nitrogens with zero attached hydrogens (tertiary/aromatic N) is 3. The third-order valence-corrected chi connectivity index (χ3v) is 22.1. The van der Waals surface area contributed by atoms with Crippen molar-refractivity contribution in [3.8, 4) is 0 Å². The highest BCUT2D eigenvalue weighted by atomic mass is 28.3. The van der Waals surface area contributed by atoms with Crippen LogP contribution in [0.5, 0.6) is 0 Å². The molecule has 4 aromatic rings. The number of rotatable bonds is 46. The van der Waals surface area contributed by atoms with Crippen molar-refractivity contribution in [3.05, 3.63) is 84.1 Å². The Morgan fingerprint density at radius 2 is 1.22 bits per heavy atom. The number of nitrogens with two attached hydrogens (primary N) is 4. The van der Waals surface area contributed by atoms with Crippen molar-refractivity contribution < 1.29 is 62.6 Å². The molecule has 0 spiro atoms. The Bertz CT molecular complexity index is 3620. The predicted molar refractivity (Wildman–Crippen MR) is 413 cm³/mol. The monoisotopic (exact) mass is 1510 g/mol. The number of imidazole rings is 1. The molecular weight excluding hydrogens is 1390 g/mol. The van der Waals surface area contributed by atoms with Crippen LogP contribution in [0.3, 0.4) is 0 Å². The number of benzene rings is 2. The maximum Gasteiger partial charge on any atom is 0.245 e. The van der Waals surface area contributed by atoms with Gasteiger partial charge in [0.15, 0.2) is 11.7 Å². The number of H-pyrrole nitrogens is 2. The van der Waals surface area contributed by atoms with Crippen LogP contribution in [-0.2, 0) is 76.8 Å². The summed E-state index contributed by atoms with van der Waals surface area (Å²) >= 11 is 0. The second-order valence-corrected chi connectivity index (χ2v) is 35.5. The minimum Gasteiger partial charge on any atom is -0.390 e. The van der Waals surface area contributed by atoms with Gasteiger partial charge in [0.05, 0.1) is 52.7 Å². The van der Waals surface area contributed by atoms with Crippen LogP contribution in [0.4, 0.5) is 0 Å². The number of aromatic nitrogens is 3. The number of hydrogen-bond donors (Lipinski definition) is 15. The molecule has 0 aliphatic heterocycles. The predicted octanol–water partition coefficient (Wildman–Crippen LogP) is 2.65. The van der Waals surface area contributed by atoms with Gasteiger partial charge in [-0.2, -0.15) is 0 Å². The van der Waals surface area contributed by atoms with Crippen LogP contribution < -0.4 is 70.7 Å². The molecule has 11 amide bonds. The lowest BCUT2D eigenvalue weighted by Gasteiger charge is -2.39. The Balaban J connectivity index is 1.40. The number of amides is 11. The summed E-state index contributed by atoms with van der Waals surface area (Å²) in [4.78, 5) is 178. The Morgan fingerprint density at radius 1 is 0.607 bits per heavy atom. The summed E-state index contributed by atoms with van der Waals surface area (Å²) in [6.07, 6.45) is 3.48. The van der Waals surface area contributed by atoms with Gasteiger partial charge in [-0.25, -0.2) is 4.98 Å². The zero-order valence-electron chi connectivity index (χ0n) is 65.0. The van der Waals surface area contributed by atoms with Crippen molar-refractivity contribution in [1.82, 2.24) is 62.4 Å². The minimum absolute atomic E-state index is 0.0109. The molecule has 0 aliphatic rings. The smallest absolute Gasteiger partial charge is 0.245 e. The minimum atomic E-state index is -1.41. The average molecular weight is 1510 g/mol. The van der Waals surface area contributed by atoms with Crippen LogP contribution in [0.25, 0.3) is 10.9 Å². The van der Waals surface area contributed by atoms with Crippen molar-refractivity contribution in [2.45, 2.75) is 245 Å². The Labute approximate surface area is 631 Å². The summed E-state index contributed by atoms with van der Waals surface area (Å²) in [6, 6.07) is 7.65. The van der Waals surface area contributed by atoms with Gasteiger partial charge in [-0.05, 0) is 96.4 Å². The Morgan fingerprint density at radius 3 is 1.82 bits per heavy atom. The van der Waals surface area contributed by atoms with E-state index in [-0.39, 0.29) is 124 Å². The molecule has 0 fully saturated rings. The Kier molecular flexibility index (Phi) is 36.4. The first kappa shape index (κ1) is 89.9. The van der Waals surface area contributed by atoms with E-state index in [1.165, 1.54) is 24.8 Å². The first-order valence-corrected chi connectivity index (χ1v) is 38.6. The summed E-state index contributed by atoms with van der Waals surface area (Å²) in [5.41, 5.74) is 24.8. The number of Topliss-reactive ketones (excluding diaryl/α,β-unsaturated/α-hetero) is 1. The van der Waals surface area contributed by atoms with Crippen LogP contribution in [-0.4, -0.2) is 186 Å². The number of hydrogen-bond acceptors (Lipinski definition) is 15. The fourth-order valence-corrected chi connectivity index (χ4v) is 17.5. The maximum atomic E-state index is 14.5. The van der Waals surface area contributed by atoms with E-state index in [1.807, 2.05) is 64.1 Å². The van der Waals surface area contributed by atoms with Gasteiger partial charge in [-0.15, -0.1) is 0 Å². The summed E-state index contributed by atoms with van der Waals surface area (Å²) in [6.45, 7) is 25.8. The first-order chi connectivity index (χ1) is 50.1. The van der Waals surface area contributed by atoms with E-state index in [1.54, 1.807) is 27.0 Å². The lowest BCUT2D eigenvalue weighted by Crippen LogP contribution is -2.56. The quantitative estimate of drug-likeness (QED) is 0.0131. The average Bonchev–Trinajstić information content (AvgIpc) is 1.03. The SMILES string of the molecule is CC(C)C[C@H](NC(=O)C[C@H](O)[C@H](CC(C)C)NC(=O)[C@H](Cc1cnc[nH]1)NC(=O)CN(C)C(=O)[C@@H](NC(=O)[C@H](C)CCC(=O)[C@H](Cc1c[nH]c2ccccc12)NC(=O)[C@H](CCC(N)=O)NC(=O)CCCCNC(=O)[C@H](CCCN=C(N)N)NC(=O)Cc1ccc([Si](C(C)(C)C)C(C)(C)C)cc1)C(C)C)C(N)=O. The standard InChI is InChI=1S/C76H120N17O13Si/c1-44(2)34-56(61(95)39-65(99)88-58(68(78)101)35-45(3)4)90-72(105)59(38-50-41-81-43-85-50)89-66(100)42-93(14)73(106)67(46(5)6)92-69(102)47(7)24-30-60(94)57(37-49-40-84-53-21-16-15-20-52(49)53)91-71(104)55(29-31-62(77)96)86-63(97)23-17-18-32-82-70(103)54(22-19-33-83-74(79)80)87-64(98)36-48-25-27-51(28-26-48)107(75(8,9)10)76(11,12)13/h15-16,20-21,25-28,40-41,43-47,54-59,61,67,84,95H,17-19,22-24,29-39,42H2,1-14H3,(H2,77,96)(H2,78,101)(H,81,85)(H,82,103)(H,86,97)(H,87,98)(H,88,99)(H,89,100)(H,90,105)(H,91,104)(H,92,102)(H4,79,80,83)/t47-,54+,55+,56+,57+,58+,59+,61+,67+/m1/s1. The number of carbonyl (C=O) groups is 12. The summed E-state index contributed by atoms with van der Waals surface area (Å²) in [5.74, 6) is -8.93. The van der Waals surface area contributed by atoms with Crippen molar-refractivity contribution in [3.63, 3.8) is 0 Å². The normalized spacial score (nSPS) is 14.3. The summed E-state index contributed by atoms with van der Waals surface area (Å²) in [7, 11) is 0.348. The molecule has 0 bridgehead atoms. The van der Waals surface area contributed by atoms with Crippen LogP contribution in [0.1, 0.15) is 184 Å². The fraction of sp³-hybridized carbons (Fsp3) is 0.605. The summed E-state index contributed by atoms with van der Waals surface area (Å²) < 4.78 is 0. The van der Waals surface area contributed by atoms with Gasteiger partial charge in [0.1, 0.15) is 30.2 Å². The number of primary amides is 2. The number of aromatic amines is 2. The molecule has 31 heteroatoms. The van der Waals surface area contributed by atoms with Gasteiger partial charge < -0.3 is 85.4 Å². The van der Waals surface area contributed by atoms with E-state index in [4.69, 9.17) is 22.9 Å². The second kappa shape index (κ2) is 43.3. The molecule has 30 nitrogen and oxygen atoms in total. The van der Waals surface area contributed by atoms with Crippen molar-refractivity contribution >= 4 is 102 Å². The number of aliphatic hydroxyl groups excluding tert-OH is 1. The van der Waals surface area contributed by atoms with Gasteiger partial charge in [-0.3, -0.25) is 62.5 Å². The zero-order valence-corrected chi connectivity index (χ0v) is 66.0. The molecule has 2 aromatic heterocycles. The molecule has 2 aromatic carbocycles. The molecular formula is C76H120N17O13Si. The van der Waals surface area contributed by atoms with E-state index in [0.29, 0.717) is 24.1 Å². The van der Waals surface area contributed by atoms with Crippen molar-refractivity contribution in [2.75, 3.05) is 26.7 Å². The number of guanidine groups is 1. The lowest BCUT2D eigenvalue weighted by atomic mass is 9.94. The zero-order chi connectivity index (χ0) is 80.0. The van der Waals surface area contributed by atoms with Gasteiger partial charge in [0.25, 0.3) is 0 Å². The molecule has 107 heavy (non-hydrogen) atoms. The second-order valence-electron chi connectivity index (χ2n) is 31.2. The number of carbonyl (C=O) groups excluding carboxylic acids is 12. The molecule has 19 N–H and O–H groups in total. The molecule has 9 atom stereocenters. The largest absolute Gasteiger partial charge is 0.390 e. The third-order valence-electron chi connectivity index (χ3n) is 18.2. The molecule has 0 unspecified atom stereocenters. The third kappa shape index (κ3) is 31.8. The Hall–Kier alpha value is -9.52. The number of ketones is 1. The molecule has 591 valence electrons. The number of unbranched alkanes of at least 4 members (excludes halogenated alkanes) is 1. The van der Waals surface area contributed by atoms with Crippen LogP contribution in [0.15, 0.2) is 72.2 Å². The van der Waals surface area contributed by atoms with E-state index >= 15 is 0 Å². The highest BCUT2D eigenvalue weighted by Gasteiger charge is 2.39. The van der Waals surface area contributed by atoms with Gasteiger partial charge in [0.2, 0.25) is 65.0 Å². The van der Waals surface area contributed by atoms with Crippen LogP contribution in [0, 0.1) is 23.7 Å². The molecule has 4 rings (SSSR count). The molecule has 0 saturated carbocycles. The molecule has 0 saturated heterocycles. The molecule has 1 radical (unpaired) electrons. The number of aliphatic imine (C=N–C) groups is 1. The van der Waals surface area contributed by atoms with Crippen molar-refractivity contribution in [2.24, 2.45) is 51.6 Å². The fourth-order valence-electron chi connectivity index (χ4n) is 13.1. The van der Waals surface area contributed by atoms with E-state index in [9.17, 15) is 62.6 Å². The van der Waals surface area contributed by atoms with Crippen LogP contribution >= 0.6 is 0 Å². The number of aliphatic hydroxyl groups is 1. The number of likely N-dealkylation sites (N-methyl/N-ethyl adjacent to an activating group) is 1. The first-order valence-electron chi connectivity index (χ1n) is 37.1. The highest BCUT2D eigenvalue weighted by Crippen LogP contribution is 2.41. The van der Waals surface area contributed by atoms with Gasteiger partial charge in [0, 0.05) is 87.1 Å². The van der Waals surface area contributed by atoms with Crippen molar-refractivity contribution in [1.29, 1.82) is 0 Å². The van der Waals surface area contributed by atoms with E-state index in [0.717, 1.165) is 21.4 Å². The number of para-hydroxylation sites is 1. The number of fused-ring (bicyclic) bond motifs is 1. The van der Waals surface area contributed by atoms with E-state index in [2.05, 4.69) is 116 Å². The maximum absolute atomic E-state index is 14.5. The van der Waals surface area contributed by atoms with Gasteiger partial charge in [-0.1, -0.05) is 138 Å². The lowest BCUT2D eigenvalue weighted by molar-refractivity contribution is -0.140.